The van der Waals surface area contributed by atoms with Gasteiger partial charge in [0.05, 0.1) is 0 Å². The van der Waals surface area contributed by atoms with E-state index in [0.717, 1.165) is 68.7 Å². The molecule has 0 fully saturated rings. The molecule has 0 spiro atoms. The molecular weight excluding hydrogens is 723 g/mol. The van der Waals surface area contributed by atoms with Crippen LogP contribution in [0.4, 0.5) is 17.1 Å². The van der Waals surface area contributed by atoms with Gasteiger partial charge in [-0.15, -0.1) is 0 Å². The van der Waals surface area contributed by atoms with Gasteiger partial charge in [0, 0.05) is 35.3 Å². The summed E-state index contributed by atoms with van der Waals surface area (Å²) in [4.78, 5) is 36.7. The molecule has 0 atom stereocenters. The Morgan fingerprint density at radius 2 is 0.517 bits per heavy atom. The molecule has 0 aliphatic rings. The first kappa shape index (κ1) is 39.7. The van der Waals surface area contributed by atoms with Gasteiger partial charge in [-0.25, -0.2) is 14.4 Å². The number of carbonyl (C=O) groups excluding carboxylic acids is 3. The predicted molar refractivity (Wildman–Crippen MR) is 235 cm³/mol. The maximum absolute atomic E-state index is 11.5. The first-order valence-corrected chi connectivity index (χ1v) is 18.3. The Hall–Kier alpha value is -8.03. The number of esters is 3. The van der Waals surface area contributed by atoms with E-state index in [0.29, 0.717) is 17.2 Å². The molecule has 6 rings (SSSR count). The third-order valence-electron chi connectivity index (χ3n) is 8.65. The van der Waals surface area contributed by atoms with Crippen molar-refractivity contribution in [1.82, 2.24) is 0 Å². The highest BCUT2D eigenvalue weighted by Crippen LogP contribution is 2.35. The highest BCUT2D eigenvalue weighted by Gasteiger charge is 2.13. The van der Waals surface area contributed by atoms with E-state index in [1.807, 2.05) is 72.9 Å². The highest BCUT2D eigenvalue weighted by atomic mass is 16.5. The van der Waals surface area contributed by atoms with Crippen molar-refractivity contribution in [1.29, 1.82) is 0 Å². The van der Waals surface area contributed by atoms with Crippen molar-refractivity contribution in [3.05, 3.63) is 217 Å². The van der Waals surface area contributed by atoms with Crippen LogP contribution in [0.1, 0.15) is 33.4 Å². The molecule has 0 radical (unpaired) electrons. The Labute approximate surface area is 338 Å². The maximum atomic E-state index is 11.5. The molecule has 0 amide bonds. The Kier molecular flexibility index (Phi) is 13.3. The summed E-state index contributed by atoms with van der Waals surface area (Å²) in [7, 11) is 0. The van der Waals surface area contributed by atoms with E-state index in [9.17, 15) is 14.4 Å². The van der Waals surface area contributed by atoms with E-state index in [-0.39, 0.29) is 0 Å². The van der Waals surface area contributed by atoms with Gasteiger partial charge in [0.1, 0.15) is 17.2 Å². The van der Waals surface area contributed by atoms with Gasteiger partial charge in [0.15, 0.2) is 0 Å². The van der Waals surface area contributed by atoms with Crippen molar-refractivity contribution >= 4 is 71.4 Å². The largest absolute Gasteiger partial charge is 0.423 e. The quantitative estimate of drug-likeness (QED) is 0.0446. The van der Waals surface area contributed by atoms with Gasteiger partial charge in [0.25, 0.3) is 0 Å². The number of hydrogen-bond acceptors (Lipinski definition) is 7. The normalized spacial score (nSPS) is 11.0. The second-order valence-electron chi connectivity index (χ2n) is 12.7. The molecule has 7 nitrogen and oxygen atoms in total. The Balaban J connectivity index is 1.21. The minimum absolute atomic E-state index is 0.458. The lowest BCUT2D eigenvalue weighted by atomic mass is 10.1. The molecule has 6 aromatic rings. The van der Waals surface area contributed by atoms with Crippen molar-refractivity contribution in [3.63, 3.8) is 0 Å². The SMILES string of the molecule is C=CC(=O)Oc1ccc(C=Cc2ccc(N(c3ccc(C=Cc4ccc(OC(=O)C=C)cc4)cc3)c3ccc(C=Cc4ccc(OC(=O)C=C)cc4)cc3)cc2)cc1. The van der Waals surface area contributed by atoms with Crippen LogP contribution < -0.4 is 19.1 Å². The Bertz CT molecular complexity index is 2190. The van der Waals surface area contributed by atoms with Crippen LogP contribution in [0.25, 0.3) is 36.5 Å². The summed E-state index contributed by atoms with van der Waals surface area (Å²) >= 11 is 0. The van der Waals surface area contributed by atoms with Crippen LogP contribution in [0, 0.1) is 0 Å². The molecule has 0 unspecified atom stereocenters. The Morgan fingerprint density at radius 3 is 0.707 bits per heavy atom. The summed E-state index contributed by atoms with van der Waals surface area (Å²) in [5.41, 5.74) is 8.88. The predicted octanol–water partition coefficient (Wildman–Crippen LogP) is 11.9. The van der Waals surface area contributed by atoms with Gasteiger partial charge in [-0.05, 0) is 106 Å². The first-order chi connectivity index (χ1) is 28.3. The molecular formula is C51H39NO6. The molecule has 7 heteroatoms. The van der Waals surface area contributed by atoms with E-state index >= 15 is 0 Å². The molecule has 0 saturated heterocycles. The van der Waals surface area contributed by atoms with Gasteiger partial charge in [-0.3, -0.25) is 0 Å². The van der Waals surface area contributed by atoms with E-state index < -0.39 is 17.9 Å². The van der Waals surface area contributed by atoms with E-state index in [1.54, 1.807) is 36.4 Å². The highest BCUT2D eigenvalue weighted by molar-refractivity contribution is 5.85. The molecule has 0 aliphatic heterocycles. The second-order valence-corrected chi connectivity index (χ2v) is 12.7. The first-order valence-electron chi connectivity index (χ1n) is 18.3. The summed E-state index contributed by atoms with van der Waals surface area (Å²) in [6.45, 7) is 10.3. The standard InChI is InChI=1S/C51H39NO6/c1-4-49(53)56-46-31-19-40(20-32-46)10-7-37-13-25-43(26-14-37)52(44-27-15-38(16-28-44)8-11-41-21-33-47(34-22-41)57-50(54)5-2)45-29-17-39(18-30-45)9-12-42-23-35-48(36-24-42)58-51(55)6-3/h4-36H,1-3H2. The Morgan fingerprint density at radius 1 is 0.328 bits per heavy atom. The lowest BCUT2D eigenvalue weighted by Gasteiger charge is -2.26. The maximum Gasteiger partial charge on any atom is 0.335 e. The lowest BCUT2D eigenvalue weighted by molar-refractivity contribution is -0.129. The fourth-order valence-corrected chi connectivity index (χ4v) is 5.64. The lowest BCUT2D eigenvalue weighted by Crippen LogP contribution is -2.09. The number of anilines is 3. The van der Waals surface area contributed by atoms with Crippen LogP contribution >= 0.6 is 0 Å². The number of ether oxygens (including phenoxy) is 3. The van der Waals surface area contributed by atoms with E-state index in [1.165, 1.54) is 0 Å². The fraction of sp³-hybridized carbons (Fsp3) is 0. The van der Waals surface area contributed by atoms with Gasteiger partial charge in [0.2, 0.25) is 0 Å². The van der Waals surface area contributed by atoms with Crippen molar-refractivity contribution in [3.8, 4) is 17.2 Å². The van der Waals surface area contributed by atoms with E-state index in [4.69, 9.17) is 14.2 Å². The van der Waals surface area contributed by atoms with Gasteiger partial charge < -0.3 is 19.1 Å². The number of carbonyl (C=O) groups is 3. The van der Waals surface area contributed by atoms with Crippen molar-refractivity contribution in [2.45, 2.75) is 0 Å². The number of hydrogen-bond donors (Lipinski definition) is 0. The minimum atomic E-state index is -0.499. The van der Waals surface area contributed by atoms with Gasteiger partial charge in [-0.1, -0.05) is 129 Å². The molecule has 0 aromatic heterocycles. The molecule has 284 valence electrons. The number of rotatable bonds is 15. The average Bonchev–Trinajstić information content (AvgIpc) is 3.27. The summed E-state index contributed by atoms with van der Waals surface area (Å²) in [5, 5.41) is 0. The molecule has 6 aromatic carbocycles. The third-order valence-corrected chi connectivity index (χ3v) is 8.65. The molecule has 0 saturated carbocycles. The molecule has 0 N–H and O–H groups in total. The number of nitrogens with zero attached hydrogens (tertiary/aromatic N) is 1. The van der Waals surface area contributed by atoms with Crippen molar-refractivity contribution in [2.75, 3.05) is 4.90 Å². The minimum Gasteiger partial charge on any atom is -0.423 e. The zero-order chi connectivity index (χ0) is 40.7. The fourth-order valence-electron chi connectivity index (χ4n) is 5.64. The van der Waals surface area contributed by atoms with Crippen LogP contribution in [0.2, 0.25) is 0 Å². The molecule has 0 aliphatic carbocycles. The van der Waals surface area contributed by atoms with Crippen LogP contribution in [0.15, 0.2) is 184 Å². The molecule has 0 bridgehead atoms. The monoisotopic (exact) mass is 761 g/mol. The molecule has 58 heavy (non-hydrogen) atoms. The van der Waals surface area contributed by atoms with Crippen LogP contribution in [0.3, 0.4) is 0 Å². The summed E-state index contributed by atoms with van der Waals surface area (Å²) in [5.74, 6) is -0.122. The second kappa shape index (κ2) is 19.5. The van der Waals surface area contributed by atoms with Gasteiger partial charge in [-0.2, -0.15) is 0 Å². The third kappa shape index (κ3) is 11.3. The van der Waals surface area contributed by atoms with Gasteiger partial charge >= 0.3 is 17.9 Å². The number of benzene rings is 6. The van der Waals surface area contributed by atoms with Crippen LogP contribution in [0.5, 0.6) is 17.2 Å². The summed E-state index contributed by atoms with van der Waals surface area (Å²) < 4.78 is 15.5. The zero-order valence-electron chi connectivity index (χ0n) is 31.6. The summed E-state index contributed by atoms with van der Waals surface area (Å²) in [6.07, 6.45) is 15.5. The topological polar surface area (TPSA) is 82.1 Å². The van der Waals surface area contributed by atoms with E-state index in [2.05, 4.69) is 97.4 Å². The zero-order valence-corrected chi connectivity index (χ0v) is 31.6. The van der Waals surface area contributed by atoms with Crippen LogP contribution in [-0.4, -0.2) is 17.9 Å². The molecule has 0 heterocycles. The smallest absolute Gasteiger partial charge is 0.335 e. The summed E-state index contributed by atoms with van der Waals surface area (Å²) in [6, 6.07) is 46.7. The van der Waals surface area contributed by atoms with Crippen LogP contribution in [-0.2, 0) is 14.4 Å². The average molecular weight is 762 g/mol. The van der Waals surface area contributed by atoms with Crippen molar-refractivity contribution in [2.24, 2.45) is 0 Å². The van der Waals surface area contributed by atoms with Crippen molar-refractivity contribution < 1.29 is 28.6 Å².